The maximum Gasteiger partial charge on any atom is 0.235 e. The third-order valence-corrected chi connectivity index (χ3v) is 3.12. The zero-order valence-corrected chi connectivity index (χ0v) is 9.46. The molecule has 0 aromatic heterocycles. The fraction of sp³-hybridized carbons (Fsp3) is 0.462. The van der Waals surface area contributed by atoms with E-state index in [0.717, 1.165) is 24.0 Å². The van der Waals surface area contributed by atoms with Gasteiger partial charge in [0, 0.05) is 0 Å². The van der Waals surface area contributed by atoms with Crippen molar-refractivity contribution < 1.29 is 9.18 Å². The molecule has 0 N–H and O–H groups in total. The van der Waals surface area contributed by atoms with Crippen molar-refractivity contribution in [3.63, 3.8) is 0 Å². The highest BCUT2D eigenvalue weighted by molar-refractivity contribution is 5.45. The summed E-state index contributed by atoms with van der Waals surface area (Å²) >= 11 is 0. The van der Waals surface area contributed by atoms with Gasteiger partial charge in [-0.1, -0.05) is 19.9 Å². The van der Waals surface area contributed by atoms with Crippen LogP contribution in [-0.4, -0.2) is 6.08 Å². The molecule has 2 nitrogen and oxygen atoms in total. The van der Waals surface area contributed by atoms with Gasteiger partial charge in [0.15, 0.2) is 0 Å². The molecule has 1 fully saturated rings. The molecule has 84 valence electrons. The smallest absolute Gasteiger partial charge is 0.211 e. The number of aliphatic imine (C=N–C) groups is 1. The molecule has 0 saturated heterocycles. The average molecular weight is 219 g/mol. The third kappa shape index (κ3) is 1.79. The van der Waals surface area contributed by atoms with Crippen LogP contribution in [0.1, 0.15) is 43.7 Å². The van der Waals surface area contributed by atoms with Crippen LogP contribution in [0.3, 0.4) is 0 Å². The summed E-state index contributed by atoms with van der Waals surface area (Å²) in [6.07, 6.45) is 3.23. The number of nitrogens with zero attached hydrogens (tertiary/aromatic N) is 1. The first kappa shape index (κ1) is 11.0. The zero-order chi connectivity index (χ0) is 11.8. The van der Waals surface area contributed by atoms with Crippen LogP contribution in [-0.2, 0) is 10.3 Å². The third-order valence-electron chi connectivity index (χ3n) is 3.12. The molecule has 0 aliphatic heterocycles. The van der Waals surface area contributed by atoms with E-state index in [0.29, 0.717) is 5.92 Å². The minimum absolute atomic E-state index is 0.272. The van der Waals surface area contributed by atoms with Crippen molar-refractivity contribution in [2.45, 2.75) is 38.1 Å². The number of hydrogen-bond donors (Lipinski definition) is 0. The van der Waals surface area contributed by atoms with Gasteiger partial charge in [0.05, 0.1) is 5.54 Å². The lowest BCUT2D eigenvalue weighted by Gasteiger charge is -2.17. The fourth-order valence-electron chi connectivity index (χ4n) is 2.08. The monoisotopic (exact) mass is 219 g/mol. The number of hydrogen-bond acceptors (Lipinski definition) is 2. The van der Waals surface area contributed by atoms with Crippen LogP contribution >= 0.6 is 0 Å². The van der Waals surface area contributed by atoms with Crippen molar-refractivity contribution in [2.75, 3.05) is 0 Å². The molecule has 0 heterocycles. The van der Waals surface area contributed by atoms with Crippen molar-refractivity contribution in [3.8, 4) is 0 Å². The number of carbonyl (C=O) groups excluding carboxylic acids is 1. The summed E-state index contributed by atoms with van der Waals surface area (Å²) in [5, 5.41) is 0. The van der Waals surface area contributed by atoms with E-state index in [4.69, 9.17) is 0 Å². The highest BCUT2D eigenvalue weighted by atomic mass is 19.1. The first-order chi connectivity index (χ1) is 7.59. The van der Waals surface area contributed by atoms with Crippen LogP contribution in [0.2, 0.25) is 0 Å². The van der Waals surface area contributed by atoms with E-state index < -0.39 is 5.54 Å². The van der Waals surface area contributed by atoms with Crippen molar-refractivity contribution in [1.29, 1.82) is 0 Å². The Morgan fingerprint density at radius 3 is 2.62 bits per heavy atom. The minimum atomic E-state index is -0.483. The molecule has 1 aromatic carbocycles. The van der Waals surface area contributed by atoms with Crippen molar-refractivity contribution in [2.24, 2.45) is 4.99 Å². The van der Waals surface area contributed by atoms with Gasteiger partial charge in [-0.05, 0) is 42.0 Å². The molecular weight excluding hydrogens is 205 g/mol. The molecule has 2 rings (SSSR count). The van der Waals surface area contributed by atoms with Crippen LogP contribution < -0.4 is 0 Å². The topological polar surface area (TPSA) is 29.4 Å². The highest BCUT2D eigenvalue weighted by Gasteiger charge is 2.46. The maximum absolute atomic E-state index is 13.3. The first-order valence-electron chi connectivity index (χ1n) is 5.48. The highest BCUT2D eigenvalue weighted by Crippen LogP contribution is 2.51. The Morgan fingerprint density at radius 2 is 2.12 bits per heavy atom. The van der Waals surface area contributed by atoms with Crippen LogP contribution in [0.5, 0.6) is 0 Å². The number of rotatable bonds is 3. The lowest BCUT2D eigenvalue weighted by molar-refractivity contribution is 0.554. The first-order valence-corrected chi connectivity index (χ1v) is 5.48. The minimum Gasteiger partial charge on any atom is -0.211 e. The standard InChI is InChI=1S/C13H14FNO/c1-9(2)11-4-3-10(14)7-12(11)13(5-6-13)15-8-16/h3-4,7,9H,5-6H2,1-2H3. The maximum atomic E-state index is 13.3. The Bertz CT molecular complexity index is 457. The summed E-state index contributed by atoms with van der Waals surface area (Å²) < 4.78 is 13.3. The van der Waals surface area contributed by atoms with Crippen molar-refractivity contribution in [3.05, 3.63) is 35.1 Å². The molecule has 0 radical (unpaired) electrons. The van der Waals surface area contributed by atoms with Crippen molar-refractivity contribution in [1.82, 2.24) is 0 Å². The molecular formula is C13H14FNO. The van der Waals surface area contributed by atoms with Crippen LogP contribution in [0.4, 0.5) is 4.39 Å². The van der Waals surface area contributed by atoms with Gasteiger partial charge in [-0.2, -0.15) is 4.99 Å². The van der Waals surface area contributed by atoms with E-state index in [1.807, 2.05) is 0 Å². The molecule has 1 aromatic rings. The summed E-state index contributed by atoms with van der Waals surface area (Å²) in [7, 11) is 0. The molecule has 1 aliphatic rings. The van der Waals surface area contributed by atoms with Gasteiger partial charge >= 0.3 is 0 Å². The molecule has 0 amide bonds. The lowest BCUT2D eigenvalue weighted by Crippen LogP contribution is -2.08. The summed E-state index contributed by atoms with van der Waals surface area (Å²) in [6.45, 7) is 4.11. The van der Waals surface area contributed by atoms with E-state index in [2.05, 4.69) is 18.8 Å². The predicted octanol–water partition coefficient (Wildman–Crippen LogP) is 3.27. The predicted molar refractivity (Wildman–Crippen MR) is 59.5 cm³/mol. The SMILES string of the molecule is CC(C)c1ccc(F)cc1C1(N=C=O)CC1. The number of halogens is 1. The summed E-state index contributed by atoms with van der Waals surface area (Å²) in [5.41, 5.74) is 1.44. The summed E-state index contributed by atoms with van der Waals surface area (Å²) in [5.74, 6) is 0.0294. The Kier molecular flexibility index (Phi) is 2.64. The van der Waals surface area contributed by atoms with E-state index in [9.17, 15) is 9.18 Å². The summed E-state index contributed by atoms with van der Waals surface area (Å²) in [4.78, 5) is 14.3. The van der Waals surface area contributed by atoms with Gasteiger partial charge in [0.2, 0.25) is 6.08 Å². The molecule has 0 bridgehead atoms. The zero-order valence-electron chi connectivity index (χ0n) is 9.46. The van der Waals surface area contributed by atoms with Gasteiger partial charge in [-0.25, -0.2) is 9.18 Å². The molecule has 1 saturated carbocycles. The van der Waals surface area contributed by atoms with E-state index in [1.54, 1.807) is 12.1 Å². The molecule has 1 aliphatic carbocycles. The number of isocyanates is 1. The Hall–Kier alpha value is -1.47. The second-order valence-electron chi connectivity index (χ2n) is 4.62. The largest absolute Gasteiger partial charge is 0.235 e. The van der Waals surface area contributed by atoms with Crippen LogP contribution in [0.15, 0.2) is 23.2 Å². The second kappa shape index (κ2) is 3.84. The molecule has 0 atom stereocenters. The van der Waals surface area contributed by atoms with Crippen LogP contribution in [0.25, 0.3) is 0 Å². The Morgan fingerprint density at radius 1 is 1.44 bits per heavy atom. The van der Waals surface area contributed by atoms with E-state index >= 15 is 0 Å². The van der Waals surface area contributed by atoms with Crippen LogP contribution in [0, 0.1) is 5.82 Å². The van der Waals surface area contributed by atoms with Gasteiger partial charge in [-0.15, -0.1) is 0 Å². The van der Waals surface area contributed by atoms with Gasteiger partial charge in [0.25, 0.3) is 0 Å². The lowest BCUT2D eigenvalue weighted by atomic mass is 9.91. The quantitative estimate of drug-likeness (QED) is 0.566. The second-order valence-corrected chi connectivity index (χ2v) is 4.62. The fourth-order valence-corrected chi connectivity index (χ4v) is 2.08. The normalized spacial score (nSPS) is 17.0. The van der Waals surface area contributed by atoms with E-state index in [1.165, 1.54) is 12.1 Å². The molecule has 3 heteroatoms. The van der Waals surface area contributed by atoms with Gasteiger partial charge < -0.3 is 0 Å². The van der Waals surface area contributed by atoms with Gasteiger partial charge in [-0.3, -0.25) is 0 Å². The van der Waals surface area contributed by atoms with Gasteiger partial charge in [0.1, 0.15) is 5.82 Å². The van der Waals surface area contributed by atoms with Crippen molar-refractivity contribution >= 4 is 6.08 Å². The molecule has 0 spiro atoms. The van der Waals surface area contributed by atoms with E-state index in [-0.39, 0.29) is 5.82 Å². The average Bonchev–Trinajstić information content (AvgIpc) is 2.99. The summed E-state index contributed by atoms with van der Waals surface area (Å²) in [6, 6.07) is 4.75. The number of benzene rings is 1. The molecule has 0 unspecified atom stereocenters. The molecule has 16 heavy (non-hydrogen) atoms. The Labute approximate surface area is 94.2 Å². The Balaban J connectivity index is 2.54.